The molecule has 2 amide bonds. The van der Waals surface area contributed by atoms with Crippen LogP contribution in [0.5, 0.6) is 0 Å². The van der Waals surface area contributed by atoms with Crippen molar-refractivity contribution < 1.29 is 19.1 Å². The van der Waals surface area contributed by atoms with Gasteiger partial charge in [-0.2, -0.15) is 0 Å². The van der Waals surface area contributed by atoms with Crippen LogP contribution >= 0.6 is 0 Å². The Morgan fingerprint density at radius 1 is 1.03 bits per heavy atom. The third kappa shape index (κ3) is 8.42. The van der Waals surface area contributed by atoms with Crippen LogP contribution in [0.4, 0.5) is 0 Å². The molecular formula is C30H49N3O4. The average molecular weight is 516 g/mol. The largest absolute Gasteiger partial charge is 0.463 e. The molecule has 0 aliphatic carbocycles. The summed E-state index contributed by atoms with van der Waals surface area (Å²) < 4.78 is 5.14. The zero-order valence-corrected chi connectivity index (χ0v) is 24.8. The SMILES string of the molecule is CCOC(=O)/C(C)=C/C([C@@H](C)CC)N(C)C(=O)C(NC(=O)[C@@H](NC)C(C)(C)c1ccccc1)C(C)(C)C. The van der Waals surface area contributed by atoms with Crippen molar-refractivity contribution in [3.63, 3.8) is 0 Å². The van der Waals surface area contributed by atoms with E-state index in [9.17, 15) is 14.4 Å². The number of hydrogen-bond acceptors (Lipinski definition) is 5. The summed E-state index contributed by atoms with van der Waals surface area (Å²) in [6.07, 6.45) is 2.62. The Morgan fingerprint density at radius 2 is 1.59 bits per heavy atom. The smallest absolute Gasteiger partial charge is 0.333 e. The lowest BCUT2D eigenvalue weighted by molar-refractivity contribution is -0.141. The minimum absolute atomic E-state index is 0.0942. The Labute approximate surface area is 224 Å². The van der Waals surface area contributed by atoms with Crippen LogP contribution in [0.15, 0.2) is 42.0 Å². The van der Waals surface area contributed by atoms with Crippen LogP contribution in [0.2, 0.25) is 0 Å². The third-order valence-electron chi connectivity index (χ3n) is 7.23. The molecule has 0 aromatic heterocycles. The van der Waals surface area contributed by atoms with Crippen molar-refractivity contribution in [3.8, 4) is 0 Å². The van der Waals surface area contributed by atoms with Crippen LogP contribution in [0.3, 0.4) is 0 Å². The lowest BCUT2D eigenvalue weighted by atomic mass is 9.76. The van der Waals surface area contributed by atoms with Gasteiger partial charge < -0.3 is 20.3 Å². The van der Waals surface area contributed by atoms with Gasteiger partial charge in [0.05, 0.1) is 18.7 Å². The Hall–Kier alpha value is -2.67. The number of esters is 1. The molecule has 1 rings (SSSR count). The van der Waals surface area contributed by atoms with E-state index >= 15 is 0 Å². The van der Waals surface area contributed by atoms with Crippen LogP contribution in [-0.4, -0.2) is 61.5 Å². The van der Waals surface area contributed by atoms with Crippen molar-refractivity contribution in [2.45, 2.75) is 92.3 Å². The molecule has 0 radical (unpaired) electrons. The van der Waals surface area contributed by atoms with Crippen LogP contribution in [0.25, 0.3) is 0 Å². The maximum absolute atomic E-state index is 13.9. The van der Waals surface area contributed by atoms with Gasteiger partial charge in [-0.15, -0.1) is 0 Å². The number of likely N-dealkylation sites (N-methyl/N-ethyl adjacent to an activating group) is 2. The van der Waals surface area contributed by atoms with Crippen molar-refractivity contribution >= 4 is 17.8 Å². The summed E-state index contributed by atoms with van der Waals surface area (Å²) in [5.41, 5.74) is 0.423. The summed E-state index contributed by atoms with van der Waals surface area (Å²) in [5, 5.41) is 6.24. The van der Waals surface area contributed by atoms with E-state index < -0.39 is 28.9 Å². The van der Waals surface area contributed by atoms with Gasteiger partial charge in [-0.25, -0.2) is 4.79 Å². The molecule has 1 aromatic rings. The van der Waals surface area contributed by atoms with Crippen molar-refractivity contribution in [1.82, 2.24) is 15.5 Å². The highest BCUT2D eigenvalue weighted by molar-refractivity contribution is 5.92. The van der Waals surface area contributed by atoms with Crippen molar-refractivity contribution in [2.75, 3.05) is 20.7 Å². The summed E-state index contributed by atoms with van der Waals surface area (Å²) >= 11 is 0. The molecule has 1 aromatic carbocycles. The van der Waals surface area contributed by atoms with E-state index in [1.165, 1.54) is 0 Å². The molecule has 0 spiro atoms. The maximum atomic E-state index is 13.9. The van der Waals surface area contributed by atoms with Gasteiger partial charge in [0.1, 0.15) is 6.04 Å². The molecule has 0 saturated heterocycles. The van der Waals surface area contributed by atoms with Gasteiger partial charge in [0.15, 0.2) is 0 Å². The maximum Gasteiger partial charge on any atom is 0.333 e. The van der Waals surface area contributed by atoms with E-state index in [-0.39, 0.29) is 30.4 Å². The van der Waals surface area contributed by atoms with Crippen LogP contribution in [0.1, 0.15) is 74.3 Å². The monoisotopic (exact) mass is 515 g/mol. The van der Waals surface area contributed by atoms with Gasteiger partial charge in [0.25, 0.3) is 0 Å². The molecule has 0 heterocycles. The lowest BCUT2D eigenvalue weighted by Crippen LogP contribution is -2.61. The minimum atomic E-state index is -0.768. The molecule has 2 N–H and O–H groups in total. The number of benzene rings is 1. The number of rotatable bonds is 12. The van der Waals surface area contributed by atoms with E-state index in [1.54, 1.807) is 38.9 Å². The van der Waals surface area contributed by atoms with Gasteiger partial charge in [-0.3, -0.25) is 9.59 Å². The van der Waals surface area contributed by atoms with Crippen LogP contribution in [0, 0.1) is 11.3 Å². The van der Waals surface area contributed by atoms with E-state index in [0.717, 1.165) is 12.0 Å². The zero-order valence-electron chi connectivity index (χ0n) is 24.8. The van der Waals surface area contributed by atoms with Gasteiger partial charge in [0, 0.05) is 18.0 Å². The molecule has 0 fully saturated rings. The summed E-state index contributed by atoms with van der Waals surface area (Å²) in [6.45, 7) is 17.7. The van der Waals surface area contributed by atoms with E-state index in [1.807, 2.05) is 71.9 Å². The summed E-state index contributed by atoms with van der Waals surface area (Å²) in [7, 11) is 3.50. The molecule has 0 bridgehead atoms. The fourth-order valence-electron chi connectivity index (χ4n) is 4.55. The zero-order chi connectivity index (χ0) is 28.6. The minimum Gasteiger partial charge on any atom is -0.463 e. The number of carbonyl (C=O) groups excluding carboxylic acids is 3. The predicted molar refractivity (Wildman–Crippen MR) is 150 cm³/mol. The number of nitrogens with one attached hydrogen (secondary N) is 2. The van der Waals surface area contributed by atoms with Gasteiger partial charge in [0.2, 0.25) is 11.8 Å². The number of nitrogens with zero attached hydrogens (tertiary/aromatic N) is 1. The summed E-state index contributed by atoms with van der Waals surface area (Å²) in [6, 6.07) is 8.22. The Bertz CT molecular complexity index is 934. The molecule has 0 aliphatic heterocycles. The number of amides is 2. The first-order valence-corrected chi connectivity index (χ1v) is 13.3. The fourth-order valence-corrected chi connectivity index (χ4v) is 4.55. The molecule has 0 saturated carbocycles. The Balaban J connectivity index is 3.33. The number of hydrogen-bond donors (Lipinski definition) is 2. The molecule has 4 atom stereocenters. The molecule has 7 nitrogen and oxygen atoms in total. The van der Waals surface area contributed by atoms with E-state index in [0.29, 0.717) is 5.57 Å². The molecule has 208 valence electrons. The predicted octanol–water partition coefficient (Wildman–Crippen LogP) is 4.47. The molecule has 2 unspecified atom stereocenters. The van der Waals surface area contributed by atoms with Gasteiger partial charge >= 0.3 is 5.97 Å². The Kier molecular flexibility index (Phi) is 12.0. The lowest BCUT2D eigenvalue weighted by Gasteiger charge is -2.40. The summed E-state index contributed by atoms with van der Waals surface area (Å²) in [5.74, 6) is -0.739. The second-order valence-corrected chi connectivity index (χ2v) is 11.5. The van der Waals surface area contributed by atoms with E-state index in [4.69, 9.17) is 4.74 Å². The molecule has 37 heavy (non-hydrogen) atoms. The summed E-state index contributed by atoms with van der Waals surface area (Å²) in [4.78, 5) is 41.5. The van der Waals surface area contributed by atoms with Crippen LogP contribution in [-0.2, 0) is 24.5 Å². The first-order chi connectivity index (χ1) is 17.1. The normalized spacial score (nSPS) is 15.8. The first-order valence-electron chi connectivity index (χ1n) is 13.3. The second kappa shape index (κ2) is 13.8. The van der Waals surface area contributed by atoms with Crippen molar-refractivity contribution in [3.05, 3.63) is 47.5 Å². The highest BCUT2D eigenvalue weighted by Crippen LogP contribution is 2.29. The quantitative estimate of drug-likeness (QED) is 0.317. The number of ether oxygens (including phenoxy) is 1. The standard InChI is InChI=1S/C30H49N3O4/c1-12-20(3)23(19-21(4)28(36)37-13-2)33(11)27(35)25(29(5,6)7)32-26(34)24(31-10)30(8,9)22-17-15-14-16-18-22/h14-20,23-25,31H,12-13H2,1-11H3,(H,32,34)/b21-19+/t20-,23?,24+,25?/m0/s1. The average Bonchev–Trinajstić information content (AvgIpc) is 2.84. The van der Waals surface area contributed by atoms with E-state index in [2.05, 4.69) is 17.6 Å². The highest BCUT2D eigenvalue weighted by atomic mass is 16.5. The molecule has 7 heteroatoms. The fraction of sp³-hybridized carbons (Fsp3) is 0.633. The second-order valence-electron chi connectivity index (χ2n) is 11.5. The van der Waals surface area contributed by atoms with Gasteiger partial charge in [-0.1, -0.05) is 91.3 Å². The molecular weight excluding hydrogens is 466 g/mol. The third-order valence-corrected chi connectivity index (χ3v) is 7.23. The number of carbonyl (C=O) groups is 3. The van der Waals surface area contributed by atoms with Crippen molar-refractivity contribution in [1.29, 1.82) is 0 Å². The van der Waals surface area contributed by atoms with Crippen LogP contribution < -0.4 is 10.6 Å². The molecule has 0 aliphatic rings. The first kappa shape index (κ1) is 32.4. The Morgan fingerprint density at radius 3 is 2.05 bits per heavy atom. The van der Waals surface area contributed by atoms with Gasteiger partial charge in [-0.05, 0) is 37.8 Å². The van der Waals surface area contributed by atoms with Crippen molar-refractivity contribution in [2.24, 2.45) is 11.3 Å². The highest BCUT2D eigenvalue weighted by Gasteiger charge is 2.41. The topological polar surface area (TPSA) is 87.7 Å².